The first-order valence-corrected chi connectivity index (χ1v) is 16.1. The zero-order valence-corrected chi connectivity index (χ0v) is 27.3. The summed E-state index contributed by atoms with van der Waals surface area (Å²) in [6, 6.07) is 28.8. The second-order valence-corrected chi connectivity index (χ2v) is 11.9. The number of H-pyrrole nitrogens is 1. The molecular weight excluding hydrogens is 588 g/mol. The molecule has 0 saturated heterocycles. The standard InChI is InChI=1S/C38H44N6O3/c1-27(32-14-8-12-29-10-4-6-13-33(29)32)42-38(46)34(15-9-23-44(2)26-31-11-5-7-16-35(31)47-3)43-37(45)30-19-17-28(18-20-30)24-39-25-36-40-21-22-41-36/h4-8,10-14,16-22,27,34,39H,9,15,23-26H2,1-3H3,(H,40,41)(H,42,46)(H,43,45)/t27-,34-/m0/s1. The summed E-state index contributed by atoms with van der Waals surface area (Å²) >= 11 is 0. The lowest BCUT2D eigenvalue weighted by Crippen LogP contribution is -2.47. The Morgan fingerprint density at radius 1 is 0.915 bits per heavy atom. The fourth-order valence-electron chi connectivity index (χ4n) is 5.79. The molecule has 1 aromatic heterocycles. The van der Waals surface area contributed by atoms with Gasteiger partial charge in [0, 0.05) is 36.6 Å². The number of nitrogens with one attached hydrogen (secondary N) is 4. The van der Waals surface area contributed by atoms with Crippen molar-refractivity contribution in [3.8, 4) is 5.75 Å². The van der Waals surface area contributed by atoms with Gasteiger partial charge in [-0.15, -0.1) is 0 Å². The van der Waals surface area contributed by atoms with Crippen LogP contribution in [-0.4, -0.2) is 53.4 Å². The second kappa shape index (κ2) is 16.5. The molecule has 5 aromatic rings. The monoisotopic (exact) mass is 632 g/mol. The third-order valence-corrected chi connectivity index (χ3v) is 8.33. The van der Waals surface area contributed by atoms with E-state index in [1.807, 2.05) is 68.6 Å². The number of hydrogen-bond donors (Lipinski definition) is 4. The molecule has 0 saturated carbocycles. The predicted octanol–water partition coefficient (Wildman–Crippen LogP) is 5.75. The number of imidazole rings is 1. The first kappa shape index (κ1) is 33.4. The number of aromatic amines is 1. The number of methoxy groups -OCH3 is 1. The van der Waals surface area contributed by atoms with Gasteiger partial charge in [-0.05, 0) is 73.5 Å². The van der Waals surface area contributed by atoms with Gasteiger partial charge in [0.2, 0.25) is 5.91 Å². The number of amides is 2. The smallest absolute Gasteiger partial charge is 0.251 e. The maximum Gasteiger partial charge on any atom is 0.251 e. The number of carbonyl (C=O) groups excluding carboxylic acids is 2. The van der Waals surface area contributed by atoms with Gasteiger partial charge in [0.05, 0.1) is 19.7 Å². The molecule has 2 amide bonds. The van der Waals surface area contributed by atoms with Gasteiger partial charge in [-0.2, -0.15) is 0 Å². The van der Waals surface area contributed by atoms with Crippen LogP contribution in [0.5, 0.6) is 5.75 Å². The quantitative estimate of drug-likeness (QED) is 0.110. The van der Waals surface area contributed by atoms with Gasteiger partial charge in [0.25, 0.3) is 5.91 Å². The Bertz CT molecular complexity index is 1730. The summed E-state index contributed by atoms with van der Waals surface area (Å²) in [4.78, 5) is 36.7. The van der Waals surface area contributed by atoms with E-state index in [0.717, 1.165) is 45.6 Å². The fraction of sp³-hybridized carbons (Fsp3) is 0.289. The Morgan fingerprint density at radius 3 is 2.47 bits per heavy atom. The first-order valence-electron chi connectivity index (χ1n) is 16.1. The zero-order valence-electron chi connectivity index (χ0n) is 27.3. The van der Waals surface area contributed by atoms with Gasteiger partial charge in [-0.3, -0.25) is 9.59 Å². The third kappa shape index (κ3) is 9.28. The van der Waals surface area contributed by atoms with Crippen LogP contribution in [0, 0.1) is 0 Å². The van der Waals surface area contributed by atoms with Crippen LogP contribution in [0.15, 0.2) is 103 Å². The molecule has 0 unspecified atom stereocenters. The highest BCUT2D eigenvalue weighted by Gasteiger charge is 2.24. The van der Waals surface area contributed by atoms with E-state index in [9.17, 15) is 9.59 Å². The molecule has 1 heterocycles. The van der Waals surface area contributed by atoms with Crippen molar-refractivity contribution >= 4 is 22.6 Å². The van der Waals surface area contributed by atoms with Crippen molar-refractivity contribution in [2.75, 3.05) is 20.7 Å². The van der Waals surface area contributed by atoms with E-state index in [0.29, 0.717) is 38.0 Å². The van der Waals surface area contributed by atoms with Crippen LogP contribution in [0.25, 0.3) is 10.8 Å². The predicted molar refractivity (Wildman–Crippen MR) is 186 cm³/mol. The molecule has 47 heavy (non-hydrogen) atoms. The Kier molecular flexibility index (Phi) is 11.7. The van der Waals surface area contributed by atoms with Gasteiger partial charge in [0.1, 0.15) is 17.6 Å². The van der Waals surface area contributed by atoms with Crippen molar-refractivity contribution in [3.05, 3.63) is 131 Å². The molecule has 0 spiro atoms. The van der Waals surface area contributed by atoms with E-state index in [4.69, 9.17) is 4.74 Å². The molecule has 0 bridgehead atoms. The third-order valence-electron chi connectivity index (χ3n) is 8.33. The molecule has 4 N–H and O–H groups in total. The normalized spacial score (nSPS) is 12.5. The highest BCUT2D eigenvalue weighted by Crippen LogP contribution is 2.24. The lowest BCUT2D eigenvalue weighted by Gasteiger charge is -2.24. The fourth-order valence-corrected chi connectivity index (χ4v) is 5.79. The van der Waals surface area contributed by atoms with E-state index in [1.165, 1.54) is 0 Å². The number of fused-ring (bicyclic) bond motifs is 1. The van der Waals surface area contributed by atoms with E-state index in [-0.39, 0.29) is 17.9 Å². The van der Waals surface area contributed by atoms with Crippen molar-refractivity contribution in [1.29, 1.82) is 0 Å². The van der Waals surface area contributed by atoms with Gasteiger partial charge in [0.15, 0.2) is 0 Å². The summed E-state index contributed by atoms with van der Waals surface area (Å²) in [7, 11) is 3.73. The maximum absolute atomic E-state index is 13.8. The molecule has 4 aromatic carbocycles. The van der Waals surface area contributed by atoms with Crippen molar-refractivity contribution in [3.63, 3.8) is 0 Å². The highest BCUT2D eigenvalue weighted by molar-refractivity contribution is 5.97. The van der Waals surface area contributed by atoms with Crippen molar-refractivity contribution < 1.29 is 14.3 Å². The van der Waals surface area contributed by atoms with Crippen LogP contribution in [0.4, 0.5) is 0 Å². The molecule has 0 radical (unpaired) electrons. The number of carbonyl (C=O) groups is 2. The molecule has 0 aliphatic heterocycles. The van der Waals surface area contributed by atoms with Gasteiger partial charge in [-0.1, -0.05) is 72.8 Å². The van der Waals surface area contributed by atoms with Gasteiger partial charge in [-0.25, -0.2) is 4.98 Å². The van der Waals surface area contributed by atoms with Crippen molar-refractivity contribution in [2.45, 2.75) is 51.5 Å². The van der Waals surface area contributed by atoms with E-state index in [1.54, 1.807) is 31.6 Å². The summed E-state index contributed by atoms with van der Waals surface area (Å²) in [5.41, 5.74) is 3.69. The number of aromatic nitrogens is 2. The van der Waals surface area contributed by atoms with Crippen LogP contribution < -0.4 is 20.7 Å². The summed E-state index contributed by atoms with van der Waals surface area (Å²) in [5.74, 6) is 1.24. The average molecular weight is 633 g/mol. The Labute approximate surface area is 276 Å². The van der Waals surface area contributed by atoms with E-state index in [2.05, 4.69) is 55.1 Å². The minimum absolute atomic E-state index is 0.204. The van der Waals surface area contributed by atoms with Gasteiger partial charge < -0.3 is 30.6 Å². The molecule has 5 rings (SSSR count). The largest absolute Gasteiger partial charge is 0.496 e. The molecule has 0 aliphatic carbocycles. The first-order chi connectivity index (χ1) is 22.9. The van der Waals surface area contributed by atoms with Crippen molar-refractivity contribution in [1.82, 2.24) is 30.8 Å². The zero-order chi connectivity index (χ0) is 33.0. The Balaban J connectivity index is 1.23. The Morgan fingerprint density at radius 2 is 1.68 bits per heavy atom. The van der Waals surface area contributed by atoms with Crippen LogP contribution in [-0.2, 0) is 24.4 Å². The van der Waals surface area contributed by atoms with Crippen LogP contribution in [0.1, 0.15) is 58.7 Å². The lowest BCUT2D eigenvalue weighted by atomic mass is 9.99. The van der Waals surface area contributed by atoms with E-state index >= 15 is 0 Å². The molecule has 9 nitrogen and oxygen atoms in total. The minimum Gasteiger partial charge on any atom is -0.496 e. The molecular formula is C38H44N6O3. The molecule has 244 valence electrons. The average Bonchev–Trinajstić information content (AvgIpc) is 3.61. The number of para-hydroxylation sites is 1. The van der Waals surface area contributed by atoms with E-state index < -0.39 is 6.04 Å². The molecule has 2 atom stereocenters. The summed E-state index contributed by atoms with van der Waals surface area (Å²) in [6.45, 7) is 4.71. The van der Waals surface area contributed by atoms with Crippen LogP contribution in [0.2, 0.25) is 0 Å². The van der Waals surface area contributed by atoms with Crippen LogP contribution >= 0.6 is 0 Å². The summed E-state index contributed by atoms with van der Waals surface area (Å²) < 4.78 is 5.51. The maximum atomic E-state index is 13.8. The highest BCUT2D eigenvalue weighted by atomic mass is 16.5. The number of hydrogen-bond acceptors (Lipinski definition) is 6. The van der Waals surface area contributed by atoms with Crippen molar-refractivity contribution in [2.24, 2.45) is 0 Å². The molecule has 0 fully saturated rings. The number of rotatable bonds is 16. The minimum atomic E-state index is -0.700. The van der Waals surface area contributed by atoms with Gasteiger partial charge >= 0.3 is 0 Å². The SMILES string of the molecule is COc1ccccc1CN(C)CCC[C@H](NC(=O)c1ccc(CNCc2ncc[nH]2)cc1)C(=O)N[C@@H](C)c1cccc2ccccc12. The molecule has 9 heteroatoms. The number of ether oxygens (including phenoxy) is 1. The van der Waals surface area contributed by atoms with Crippen LogP contribution in [0.3, 0.4) is 0 Å². The Hall–Kier alpha value is -4.99. The number of benzene rings is 4. The second-order valence-electron chi connectivity index (χ2n) is 11.9. The topological polar surface area (TPSA) is 111 Å². The summed E-state index contributed by atoms with van der Waals surface area (Å²) in [5, 5.41) is 11.8. The molecule has 0 aliphatic rings. The summed E-state index contributed by atoms with van der Waals surface area (Å²) in [6.07, 6.45) is 4.73. The lowest BCUT2D eigenvalue weighted by molar-refractivity contribution is -0.123. The number of nitrogens with zero attached hydrogens (tertiary/aromatic N) is 2.